The van der Waals surface area contributed by atoms with Crippen LogP contribution in [0.4, 0.5) is 0 Å². The second-order valence-corrected chi connectivity index (χ2v) is 8.53. The summed E-state index contributed by atoms with van der Waals surface area (Å²) >= 11 is 1.27. The van der Waals surface area contributed by atoms with Crippen molar-refractivity contribution in [3.8, 4) is 11.5 Å². The molecule has 0 radical (unpaired) electrons. The molecule has 0 spiro atoms. The van der Waals surface area contributed by atoms with Crippen molar-refractivity contribution in [2.45, 2.75) is 13.0 Å². The van der Waals surface area contributed by atoms with E-state index in [0.717, 1.165) is 11.1 Å². The molecule has 0 saturated heterocycles. The van der Waals surface area contributed by atoms with Crippen LogP contribution in [0.1, 0.15) is 24.1 Å². The molecule has 0 aliphatic carbocycles. The van der Waals surface area contributed by atoms with Crippen molar-refractivity contribution in [2.75, 3.05) is 20.8 Å². The van der Waals surface area contributed by atoms with Crippen LogP contribution in [0, 0.1) is 0 Å². The van der Waals surface area contributed by atoms with Crippen LogP contribution in [0.5, 0.6) is 11.5 Å². The molecule has 0 unspecified atom stereocenters. The maximum absolute atomic E-state index is 13.6. The van der Waals surface area contributed by atoms with E-state index < -0.39 is 12.0 Å². The quantitative estimate of drug-likeness (QED) is 0.387. The summed E-state index contributed by atoms with van der Waals surface area (Å²) in [5, 5.41) is 0. The van der Waals surface area contributed by atoms with Gasteiger partial charge in [0, 0.05) is 0 Å². The number of carbonyl (C=O) groups excluding carboxylic acids is 1. The van der Waals surface area contributed by atoms with Gasteiger partial charge in [0.1, 0.15) is 18.1 Å². The van der Waals surface area contributed by atoms with E-state index in [1.807, 2.05) is 36.4 Å². The summed E-state index contributed by atoms with van der Waals surface area (Å²) in [4.78, 5) is 31.7. The fourth-order valence-electron chi connectivity index (χ4n) is 3.78. The van der Waals surface area contributed by atoms with Gasteiger partial charge in [0.25, 0.3) is 5.56 Å². The molecule has 2 heterocycles. The number of rotatable bonds is 7. The van der Waals surface area contributed by atoms with E-state index in [1.165, 1.54) is 17.4 Å². The molecule has 7 nitrogen and oxygen atoms in total. The number of hydrogen-bond acceptors (Lipinski definition) is 7. The number of carbonyl (C=O) groups is 1. The lowest BCUT2D eigenvalue weighted by atomic mass is 9.96. The number of fused-ring (bicyclic) bond motifs is 1. The van der Waals surface area contributed by atoms with Crippen LogP contribution in [0.2, 0.25) is 0 Å². The fourth-order valence-corrected chi connectivity index (χ4v) is 4.83. The van der Waals surface area contributed by atoms with Crippen LogP contribution < -0.4 is 24.4 Å². The van der Waals surface area contributed by atoms with E-state index in [0.29, 0.717) is 32.1 Å². The number of nitrogens with zero attached hydrogens (tertiary/aromatic N) is 2. The van der Waals surface area contributed by atoms with Crippen LogP contribution in [0.25, 0.3) is 6.08 Å². The van der Waals surface area contributed by atoms with E-state index in [1.54, 1.807) is 43.9 Å². The van der Waals surface area contributed by atoms with Gasteiger partial charge < -0.3 is 14.2 Å². The lowest BCUT2D eigenvalue weighted by Gasteiger charge is -2.24. The highest BCUT2D eigenvalue weighted by molar-refractivity contribution is 7.07. The molecule has 3 aromatic rings. The van der Waals surface area contributed by atoms with Gasteiger partial charge in [0.2, 0.25) is 0 Å². The molecule has 174 valence electrons. The van der Waals surface area contributed by atoms with E-state index in [2.05, 4.69) is 11.6 Å². The van der Waals surface area contributed by atoms with Crippen LogP contribution >= 0.6 is 11.3 Å². The van der Waals surface area contributed by atoms with Gasteiger partial charge in [0.05, 0.1) is 36.1 Å². The maximum atomic E-state index is 13.6. The minimum atomic E-state index is -0.688. The van der Waals surface area contributed by atoms with Gasteiger partial charge in [0.15, 0.2) is 4.80 Å². The zero-order chi connectivity index (χ0) is 24.2. The molecule has 34 heavy (non-hydrogen) atoms. The largest absolute Gasteiger partial charge is 0.497 e. The second kappa shape index (κ2) is 9.93. The monoisotopic (exact) mass is 476 g/mol. The summed E-state index contributed by atoms with van der Waals surface area (Å²) in [5.41, 5.74) is 2.15. The minimum absolute atomic E-state index is 0.0607. The Balaban J connectivity index is 1.91. The summed E-state index contributed by atoms with van der Waals surface area (Å²) in [6.45, 7) is 5.41. The van der Waals surface area contributed by atoms with Gasteiger partial charge in [-0.1, -0.05) is 48.3 Å². The Labute approximate surface area is 200 Å². The van der Waals surface area contributed by atoms with Crippen LogP contribution in [0.3, 0.4) is 0 Å². The smallest absolute Gasteiger partial charge is 0.338 e. The number of aromatic nitrogens is 1. The minimum Gasteiger partial charge on any atom is -0.497 e. The summed E-state index contributed by atoms with van der Waals surface area (Å²) in [6.07, 6.45) is 3.30. The number of methoxy groups -OCH3 is 2. The third-order valence-corrected chi connectivity index (χ3v) is 6.38. The Morgan fingerprint density at radius 2 is 1.88 bits per heavy atom. The molecule has 0 bridgehead atoms. The molecule has 0 amide bonds. The van der Waals surface area contributed by atoms with E-state index in [4.69, 9.17) is 14.2 Å². The molecular weight excluding hydrogens is 452 g/mol. The van der Waals surface area contributed by atoms with Crippen molar-refractivity contribution in [1.82, 2.24) is 4.57 Å². The van der Waals surface area contributed by atoms with Crippen LogP contribution in [0.15, 0.2) is 82.2 Å². The molecule has 1 atom stereocenters. The van der Waals surface area contributed by atoms with Crippen molar-refractivity contribution >= 4 is 23.4 Å². The van der Waals surface area contributed by atoms with Crippen LogP contribution in [-0.2, 0) is 9.53 Å². The van der Waals surface area contributed by atoms with Gasteiger partial charge in [-0.25, -0.2) is 9.79 Å². The number of hydrogen-bond donors (Lipinski definition) is 0. The number of ether oxygens (including phenoxy) is 3. The molecule has 0 fully saturated rings. The summed E-state index contributed by atoms with van der Waals surface area (Å²) < 4.78 is 18.0. The highest BCUT2D eigenvalue weighted by atomic mass is 32.1. The molecule has 4 rings (SSSR count). The topological polar surface area (TPSA) is 79.1 Å². The van der Waals surface area contributed by atoms with Gasteiger partial charge in [-0.2, -0.15) is 0 Å². The Morgan fingerprint density at radius 1 is 1.15 bits per heavy atom. The molecule has 1 aromatic heterocycles. The van der Waals surface area contributed by atoms with Crippen molar-refractivity contribution in [3.63, 3.8) is 0 Å². The number of esters is 1. The third-order valence-electron chi connectivity index (χ3n) is 5.40. The summed E-state index contributed by atoms with van der Waals surface area (Å²) in [5.74, 6) is 0.829. The Kier molecular flexibility index (Phi) is 6.79. The summed E-state index contributed by atoms with van der Waals surface area (Å²) in [6, 6.07) is 14.0. The SMILES string of the molecule is C=CCOC(=O)C1=C(C)N=c2s/c(=C/c3cccc(OC)c3)c(=O)n2[C@H]1c1ccc(OC)cc1. The highest BCUT2D eigenvalue weighted by Crippen LogP contribution is 2.31. The second-order valence-electron chi connectivity index (χ2n) is 7.52. The Hall–Kier alpha value is -3.91. The molecular formula is C26H24N2O5S. The predicted molar refractivity (Wildman–Crippen MR) is 131 cm³/mol. The lowest BCUT2D eigenvalue weighted by molar-refractivity contribution is -0.138. The number of thiazole rings is 1. The molecule has 2 aromatic carbocycles. The number of benzene rings is 2. The van der Waals surface area contributed by atoms with Gasteiger partial charge >= 0.3 is 5.97 Å². The fraction of sp³-hybridized carbons (Fsp3) is 0.192. The van der Waals surface area contributed by atoms with Crippen molar-refractivity contribution in [1.29, 1.82) is 0 Å². The van der Waals surface area contributed by atoms with Gasteiger partial charge in [-0.3, -0.25) is 9.36 Å². The van der Waals surface area contributed by atoms with Gasteiger partial charge in [-0.05, 0) is 48.4 Å². The molecule has 1 aliphatic rings. The van der Waals surface area contributed by atoms with Crippen molar-refractivity contribution in [2.24, 2.45) is 4.99 Å². The Bertz CT molecular complexity index is 1450. The van der Waals surface area contributed by atoms with Crippen molar-refractivity contribution in [3.05, 3.63) is 103 Å². The molecule has 8 heteroatoms. The first-order valence-electron chi connectivity index (χ1n) is 10.6. The van der Waals surface area contributed by atoms with E-state index >= 15 is 0 Å². The highest BCUT2D eigenvalue weighted by Gasteiger charge is 2.33. The Morgan fingerprint density at radius 3 is 2.56 bits per heavy atom. The molecule has 1 aliphatic heterocycles. The molecule has 0 saturated carbocycles. The van der Waals surface area contributed by atoms with Gasteiger partial charge in [-0.15, -0.1) is 0 Å². The van der Waals surface area contributed by atoms with E-state index in [9.17, 15) is 9.59 Å². The summed E-state index contributed by atoms with van der Waals surface area (Å²) in [7, 11) is 3.18. The zero-order valence-corrected chi connectivity index (χ0v) is 19.9. The first-order chi connectivity index (χ1) is 16.5. The van der Waals surface area contributed by atoms with E-state index in [-0.39, 0.29) is 12.2 Å². The van der Waals surface area contributed by atoms with Crippen LogP contribution in [-0.4, -0.2) is 31.4 Å². The normalized spacial score (nSPS) is 15.4. The lowest BCUT2D eigenvalue weighted by Crippen LogP contribution is -2.39. The first kappa shape index (κ1) is 23.3. The predicted octanol–water partition coefficient (Wildman–Crippen LogP) is 2.98. The average Bonchev–Trinajstić information content (AvgIpc) is 3.16. The average molecular weight is 477 g/mol. The maximum Gasteiger partial charge on any atom is 0.338 e. The van der Waals surface area contributed by atoms with Crippen molar-refractivity contribution < 1.29 is 19.0 Å². The molecule has 0 N–H and O–H groups in total. The third kappa shape index (κ3) is 4.45. The first-order valence-corrected chi connectivity index (χ1v) is 11.4. The standard InChI is InChI=1S/C26H24N2O5S/c1-5-13-33-25(30)22-16(2)27-26-28(23(22)18-9-11-19(31-3)12-10-18)24(29)21(34-26)15-17-7-6-8-20(14-17)32-4/h5-12,14-15,23H,1,13H2,2-4H3/b21-15+/t23-/m0/s1. The number of allylic oxidation sites excluding steroid dienone is 1. The zero-order valence-electron chi connectivity index (χ0n) is 19.1.